The zero-order valence-corrected chi connectivity index (χ0v) is 22.8. The number of anilines is 2. The van der Waals surface area contributed by atoms with Gasteiger partial charge in [-0.3, -0.25) is 4.98 Å². The van der Waals surface area contributed by atoms with Gasteiger partial charge in [-0.15, -0.1) is 5.10 Å². The highest BCUT2D eigenvalue weighted by molar-refractivity contribution is 6.35. The number of nitrogens with one attached hydrogen (secondary N) is 2. The van der Waals surface area contributed by atoms with Crippen molar-refractivity contribution in [3.05, 3.63) is 70.1 Å². The van der Waals surface area contributed by atoms with E-state index in [1.54, 1.807) is 29.9 Å². The number of nitrogens with zero attached hydrogens (tertiary/aromatic N) is 7. The Hall–Kier alpha value is -4.28. The molecule has 1 saturated carbocycles. The van der Waals surface area contributed by atoms with Crippen molar-refractivity contribution in [3.63, 3.8) is 0 Å². The number of benzene rings is 1. The summed E-state index contributed by atoms with van der Waals surface area (Å²) in [7, 11) is 0. The number of pyridine rings is 2. The van der Waals surface area contributed by atoms with Crippen molar-refractivity contribution in [1.82, 2.24) is 25.0 Å². The van der Waals surface area contributed by atoms with Crippen molar-refractivity contribution in [1.29, 1.82) is 10.5 Å². The summed E-state index contributed by atoms with van der Waals surface area (Å²) in [6, 6.07) is 10.5. The molecule has 0 spiro atoms. The van der Waals surface area contributed by atoms with Gasteiger partial charge in [0, 0.05) is 35.1 Å². The van der Waals surface area contributed by atoms with E-state index in [2.05, 4.69) is 63.8 Å². The first-order valence-electron chi connectivity index (χ1n) is 12.5. The molecule has 1 fully saturated rings. The largest absolute Gasteiger partial charge is 0.383 e. The maximum absolute atomic E-state index is 13.9. The summed E-state index contributed by atoms with van der Waals surface area (Å²) in [5.41, 5.74) is 3.25. The van der Waals surface area contributed by atoms with Gasteiger partial charge in [0.2, 0.25) is 5.95 Å². The third kappa shape index (κ3) is 5.21. The molecule has 0 amide bonds. The minimum atomic E-state index is -0.675. The molecule has 0 aliphatic heterocycles. The standard InChI is InChI=1S/C28H27ClFN9/c1-16-19(5-6-23(30)35-16)26(22-13-39(38-37-22)28(14-32)7-8-28)36-18-9-20-24(34-15-27(2,3)4)17(11-31)12-33-25(20)21(29)10-18/h5-6,9-10,12-13,26,36H,7-8,15H2,1-4H3,(H,33,34). The maximum atomic E-state index is 13.9. The van der Waals surface area contributed by atoms with Crippen LogP contribution in [0, 0.1) is 40.9 Å². The number of nitriles is 2. The van der Waals surface area contributed by atoms with E-state index in [1.165, 1.54) is 12.3 Å². The second-order valence-electron chi connectivity index (χ2n) is 11.0. The number of aromatic nitrogens is 5. The molecule has 1 aliphatic carbocycles. The molecule has 3 heterocycles. The Labute approximate surface area is 230 Å². The van der Waals surface area contributed by atoms with Gasteiger partial charge >= 0.3 is 0 Å². The van der Waals surface area contributed by atoms with Gasteiger partial charge in [-0.1, -0.05) is 43.7 Å². The zero-order valence-electron chi connectivity index (χ0n) is 22.0. The van der Waals surface area contributed by atoms with Gasteiger partial charge in [-0.2, -0.15) is 14.9 Å². The molecule has 0 saturated heterocycles. The molecule has 0 bridgehead atoms. The molecule has 5 rings (SSSR count). The fraction of sp³-hybridized carbons (Fsp3) is 0.357. The highest BCUT2D eigenvalue weighted by Crippen LogP contribution is 2.43. The van der Waals surface area contributed by atoms with E-state index in [1.807, 2.05) is 6.07 Å². The molecule has 198 valence electrons. The van der Waals surface area contributed by atoms with Crippen LogP contribution in [-0.4, -0.2) is 31.5 Å². The van der Waals surface area contributed by atoms with Gasteiger partial charge in [0.15, 0.2) is 5.54 Å². The van der Waals surface area contributed by atoms with Crippen LogP contribution in [0.15, 0.2) is 36.7 Å². The minimum Gasteiger partial charge on any atom is -0.383 e. The van der Waals surface area contributed by atoms with Crippen molar-refractivity contribution in [2.45, 2.75) is 52.1 Å². The Morgan fingerprint density at radius 3 is 2.64 bits per heavy atom. The number of aryl methyl sites for hydroxylation is 1. The van der Waals surface area contributed by atoms with Gasteiger partial charge in [-0.25, -0.2) is 9.67 Å². The minimum absolute atomic E-state index is 0.0334. The van der Waals surface area contributed by atoms with E-state index < -0.39 is 17.5 Å². The molecular formula is C28H27ClFN9. The summed E-state index contributed by atoms with van der Waals surface area (Å²) in [6.45, 7) is 8.65. The summed E-state index contributed by atoms with van der Waals surface area (Å²) in [4.78, 5) is 8.43. The predicted molar refractivity (Wildman–Crippen MR) is 147 cm³/mol. The van der Waals surface area contributed by atoms with Gasteiger partial charge in [-0.05, 0) is 43.4 Å². The first-order chi connectivity index (χ1) is 18.5. The number of hydrogen-bond acceptors (Lipinski definition) is 8. The third-order valence-electron chi connectivity index (χ3n) is 6.73. The normalized spacial score (nSPS) is 14.9. The Morgan fingerprint density at radius 1 is 1.23 bits per heavy atom. The van der Waals surface area contributed by atoms with Crippen molar-refractivity contribution < 1.29 is 4.39 Å². The summed E-state index contributed by atoms with van der Waals surface area (Å²) < 4.78 is 15.5. The maximum Gasteiger partial charge on any atom is 0.213 e. The van der Waals surface area contributed by atoms with Crippen molar-refractivity contribution in [2.24, 2.45) is 5.41 Å². The van der Waals surface area contributed by atoms with Gasteiger partial charge < -0.3 is 10.6 Å². The van der Waals surface area contributed by atoms with E-state index in [0.29, 0.717) is 69.2 Å². The Bertz CT molecular complexity index is 1650. The van der Waals surface area contributed by atoms with E-state index in [9.17, 15) is 14.9 Å². The summed E-state index contributed by atoms with van der Waals surface area (Å²) >= 11 is 6.70. The summed E-state index contributed by atoms with van der Waals surface area (Å²) in [5, 5.41) is 36.0. The van der Waals surface area contributed by atoms with Crippen molar-refractivity contribution in [3.8, 4) is 12.1 Å². The molecule has 4 aromatic rings. The number of halogens is 2. The quantitative estimate of drug-likeness (QED) is 0.277. The van der Waals surface area contributed by atoms with Crippen LogP contribution in [0.2, 0.25) is 5.02 Å². The highest BCUT2D eigenvalue weighted by Gasteiger charge is 2.47. The SMILES string of the molecule is Cc1nc(F)ccc1C(Nc1cc(Cl)c2ncc(C#N)c(NCC(C)(C)C)c2c1)c1cn(C2(C#N)CC2)nn1. The van der Waals surface area contributed by atoms with Crippen LogP contribution in [0.3, 0.4) is 0 Å². The average Bonchev–Trinajstić information content (AvgIpc) is 3.53. The molecule has 1 unspecified atom stereocenters. The molecule has 1 aliphatic rings. The van der Waals surface area contributed by atoms with Crippen LogP contribution in [0.25, 0.3) is 10.9 Å². The first kappa shape index (κ1) is 26.3. The fourth-order valence-corrected chi connectivity index (χ4v) is 4.69. The molecular weight excluding hydrogens is 517 g/mol. The van der Waals surface area contributed by atoms with Crippen molar-refractivity contribution >= 4 is 33.9 Å². The lowest BCUT2D eigenvalue weighted by atomic mass is 9.96. The molecule has 1 aromatic carbocycles. The van der Waals surface area contributed by atoms with Crippen LogP contribution in [0.5, 0.6) is 0 Å². The molecule has 0 radical (unpaired) electrons. The van der Waals surface area contributed by atoms with E-state index in [-0.39, 0.29) is 5.41 Å². The average molecular weight is 544 g/mol. The lowest BCUT2D eigenvalue weighted by Gasteiger charge is -2.23. The third-order valence-corrected chi connectivity index (χ3v) is 7.02. The molecule has 3 aromatic heterocycles. The van der Waals surface area contributed by atoms with E-state index >= 15 is 0 Å². The van der Waals surface area contributed by atoms with Crippen LogP contribution < -0.4 is 10.6 Å². The lowest BCUT2D eigenvalue weighted by molar-refractivity contribution is 0.443. The Kier molecular flexibility index (Phi) is 6.61. The first-order valence-corrected chi connectivity index (χ1v) is 12.9. The molecule has 9 nitrogen and oxygen atoms in total. The zero-order chi connectivity index (χ0) is 27.9. The van der Waals surface area contributed by atoms with E-state index in [4.69, 9.17) is 11.6 Å². The van der Waals surface area contributed by atoms with Crippen molar-refractivity contribution in [2.75, 3.05) is 17.2 Å². The second-order valence-corrected chi connectivity index (χ2v) is 11.5. The molecule has 1 atom stereocenters. The van der Waals surface area contributed by atoms with E-state index in [0.717, 1.165) is 0 Å². The lowest BCUT2D eigenvalue weighted by Crippen LogP contribution is -2.20. The molecule has 2 N–H and O–H groups in total. The fourth-order valence-electron chi connectivity index (χ4n) is 4.42. The number of hydrogen-bond donors (Lipinski definition) is 2. The Balaban J connectivity index is 1.61. The highest BCUT2D eigenvalue weighted by atomic mass is 35.5. The van der Waals surface area contributed by atoms with Gasteiger partial charge in [0.05, 0.1) is 40.1 Å². The number of rotatable bonds is 7. The Morgan fingerprint density at radius 2 is 2.00 bits per heavy atom. The summed E-state index contributed by atoms with van der Waals surface area (Å²) in [5.74, 6) is -0.585. The smallest absolute Gasteiger partial charge is 0.213 e. The van der Waals surface area contributed by atoms with Crippen LogP contribution in [0.1, 0.15) is 62.2 Å². The predicted octanol–water partition coefficient (Wildman–Crippen LogP) is 5.87. The van der Waals surface area contributed by atoms with Crippen LogP contribution in [0.4, 0.5) is 15.8 Å². The van der Waals surface area contributed by atoms with Gasteiger partial charge in [0.25, 0.3) is 0 Å². The molecule has 11 heteroatoms. The number of fused-ring (bicyclic) bond motifs is 1. The van der Waals surface area contributed by atoms with Crippen LogP contribution in [-0.2, 0) is 5.54 Å². The monoisotopic (exact) mass is 543 g/mol. The molecule has 39 heavy (non-hydrogen) atoms. The van der Waals surface area contributed by atoms with Gasteiger partial charge in [0.1, 0.15) is 11.8 Å². The topological polar surface area (TPSA) is 128 Å². The van der Waals surface area contributed by atoms with Crippen LogP contribution >= 0.6 is 11.6 Å². The summed E-state index contributed by atoms with van der Waals surface area (Å²) in [6.07, 6.45) is 4.68. The second kappa shape index (κ2) is 9.79.